The summed E-state index contributed by atoms with van der Waals surface area (Å²) in [5, 5.41) is 22.0. The first-order valence-corrected chi connectivity index (χ1v) is 5.90. The summed E-state index contributed by atoms with van der Waals surface area (Å²) in [6.07, 6.45) is 2.55. The molecule has 3 fully saturated rings. The van der Waals surface area contributed by atoms with E-state index in [9.17, 15) is 5.11 Å². The van der Waals surface area contributed by atoms with Crippen LogP contribution < -0.4 is 5.32 Å². The summed E-state index contributed by atoms with van der Waals surface area (Å²) >= 11 is 0. The Hall–Kier alpha value is -0.160. The smallest absolute Gasteiger partial charge is 0.0972 e. The van der Waals surface area contributed by atoms with E-state index < -0.39 is 5.60 Å². The standard InChI is InChI=1S/C11H22N2O2/c1-11(15,8-14)7-12-10-6-13-4-2-9(10)3-5-13/h9-10,12,14-15H,2-8H2,1H3. The van der Waals surface area contributed by atoms with Crippen LogP contribution in [0.3, 0.4) is 0 Å². The van der Waals surface area contributed by atoms with Crippen LogP contribution in [0.15, 0.2) is 0 Å². The van der Waals surface area contributed by atoms with Crippen LogP contribution in [0.4, 0.5) is 0 Å². The van der Waals surface area contributed by atoms with E-state index in [0.717, 1.165) is 12.5 Å². The second-order valence-electron chi connectivity index (χ2n) is 5.28. The van der Waals surface area contributed by atoms with Gasteiger partial charge in [0.15, 0.2) is 0 Å². The van der Waals surface area contributed by atoms with E-state index in [4.69, 9.17) is 5.11 Å². The van der Waals surface area contributed by atoms with Crippen molar-refractivity contribution >= 4 is 0 Å². The van der Waals surface area contributed by atoms with Crippen molar-refractivity contribution in [2.24, 2.45) is 5.92 Å². The Bertz CT molecular complexity index is 213. The lowest BCUT2D eigenvalue weighted by molar-refractivity contribution is -0.00891. The van der Waals surface area contributed by atoms with Crippen molar-refractivity contribution < 1.29 is 10.2 Å². The minimum Gasteiger partial charge on any atom is -0.393 e. The lowest BCUT2D eigenvalue weighted by atomic mass is 9.84. The molecule has 15 heavy (non-hydrogen) atoms. The third kappa shape index (κ3) is 2.69. The molecule has 0 radical (unpaired) electrons. The number of nitrogens with zero attached hydrogens (tertiary/aromatic N) is 1. The maximum absolute atomic E-state index is 9.70. The van der Waals surface area contributed by atoms with Crippen LogP contribution in [0.25, 0.3) is 0 Å². The topological polar surface area (TPSA) is 55.7 Å². The van der Waals surface area contributed by atoms with Gasteiger partial charge in [-0.15, -0.1) is 0 Å². The average molecular weight is 214 g/mol. The van der Waals surface area contributed by atoms with Crippen LogP contribution in [0.1, 0.15) is 19.8 Å². The molecule has 0 amide bonds. The Morgan fingerprint density at radius 1 is 1.40 bits per heavy atom. The minimum atomic E-state index is -0.980. The van der Waals surface area contributed by atoms with E-state index in [1.165, 1.54) is 25.9 Å². The molecule has 4 heteroatoms. The summed E-state index contributed by atoms with van der Waals surface area (Å²) in [5.41, 5.74) is -0.980. The first-order valence-electron chi connectivity index (χ1n) is 5.90. The second kappa shape index (κ2) is 4.37. The van der Waals surface area contributed by atoms with E-state index in [2.05, 4.69) is 10.2 Å². The Balaban J connectivity index is 1.80. The molecule has 2 unspecified atom stereocenters. The van der Waals surface area contributed by atoms with Crippen molar-refractivity contribution in [3.05, 3.63) is 0 Å². The van der Waals surface area contributed by atoms with Gasteiger partial charge in [-0.3, -0.25) is 0 Å². The molecule has 0 saturated carbocycles. The molecule has 2 bridgehead atoms. The van der Waals surface area contributed by atoms with E-state index in [1.54, 1.807) is 6.92 Å². The minimum absolute atomic E-state index is 0.179. The van der Waals surface area contributed by atoms with Crippen LogP contribution in [-0.2, 0) is 0 Å². The van der Waals surface area contributed by atoms with Gasteiger partial charge in [-0.2, -0.15) is 0 Å². The molecule has 0 aromatic carbocycles. The first-order chi connectivity index (χ1) is 7.11. The van der Waals surface area contributed by atoms with Gasteiger partial charge in [0.2, 0.25) is 0 Å². The summed E-state index contributed by atoms with van der Waals surface area (Å²) in [6, 6.07) is 0.505. The fourth-order valence-corrected chi connectivity index (χ4v) is 2.60. The average Bonchev–Trinajstić information content (AvgIpc) is 2.28. The molecule has 3 saturated heterocycles. The molecule has 2 atom stereocenters. The third-order valence-electron chi connectivity index (χ3n) is 3.74. The largest absolute Gasteiger partial charge is 0.393 e. The van der Waals surface area contributed by atoms with Crippen molar-refractivity contribution in [1.29, 1.82) is 0 Å². The van der Waals surface area contributed by atoms with E-state index in [-0.39, 0.29) is 6.61 Å². The molecule has 4 nitrogen and oxygen atoms in total. The second-order valence-corrected chi connectivity index (χ2v) is 5.28. The molecule has 3 aliphatic heterocycles. The zero-order valence-corrected chi connectivity index (χ0v) is 9.45. The normalized spacial score (nSPS) is 39.0. The zero-order chi connectivity index (χ0) is 10.9. The molecular weight excluding hydrogens is 192 g/mol. The number of aliphatic hydroxyl groups excluding tert-OH is 1. The van der Waals surface area contributed by atoms with Gasteiger partial charge in [-0.1, -0.05) is 0 Å². The van der Waals surface area contributed by atoms with Crippen molar-refractivity contribution in [2.75, 3.05) is 32.8 Å². The molecule has 3 rings (SSSR count). The Morgan fingerprint density at radius 3 is 2.53 bits per heavy atom. The number of fused-ring (bicyclic) bond motifs is 3. The zero-order valence-electron chi connectivity index (χ0n) is 9.45. The molecule has 0 spiro atoms. The highest BCUT2D eigenvalue weighted by Crippen LogP contribution is 2.27. The fourth-order valence-electron chi connectivity index (χ4n) is 2.60. The predicted octanol–water partition coefficient (Wildman–Crippen LogP) is -0.587. The first kappa shape index (κ1) is 11.3. The highest BCUT2D eigenvalue weighted by atomic mass is 16.3. The number of rotatable bonds is 4. The van der Waals surface area contributed by atoms with Crippen LogP contribution in [-0.4, -0.2) is 59.5 Å². The van der Waals surface area contributed by atoms with Crippen molar-refractivity contribution in [1.82, 2.24) is 10.2 Å². The maximum Gasteiger partial charge on any atom is 0.0972 e. The van der Waals surface area contributed by atoms with Gasteiger partial charge in [-0.05, 0) is 38.8 Å². The van der Waals surface area contributed by atoms with E-state index >= 15 is 0 Å². The monoisotopic (exact) mass is 214 g/mol. The number of nitrogens with one attached hydrogen (secondary N) is 1. The van der Waals surface area contributed by atoms with Crippen molar-refractivity contribution in [2.45, 2.75) is 31.4 Å². The number of hydrogen-bond acceptors (Lipinski definition) is 4. The van der Waals surface area contributed by atoms with Gasteiger partial charge in [0.25, 0.3) is 0 Å². The van der Waals surface area contributed by atoms with Gasteiger partial charge < -0.3 is 20.4 Å². The summed E-state index contributed by atoms with van der Waals surface area (Å²) in [4.78, 5) is 2.48. The quantitative estimate of drug-likeness (QED) is 0.586. The molecule has 88 valence electrons. The van der Waals surface area contributed by atoms with Crippen molar-refractivity contribution in [3.63, 3.8) is 0 Å². The van der Waals surface area contributed by atoms with Gasteiger partial charge in [0, 0.05) is 19.1 Å². The van der Waals surface area contributed by atoms with Gasteiger partial charge >= 0.3 is 0 Å². The lowest BCUT2D eigenvalue weighted by Crippen LogP contribution is -2.58. The molecule has 3 N–H and O–H groups in total. The Labute approximate surface area is 91.3 Å². The van der Waals surface area contributed by atoms with Crippen LogP contribution in [0.2, 0.25) is 0 Å². The van der Waals surface area contributed by atoms with Crippen molar-refractivity contribution in [3.8, 4) is 0 Å². The van der Waals surface area contributed by atoms with Gasteiger partial charge in [0.1, 0.15) is 0 Å². The third-order valence-corrected chi connectivity index (χ3v) is 3.74. The molecular formula is C11H22N2O2. The van der Waals surface area contributed by atoms with Gasteiger partial charge in [0.05, 0.1) is 12.2 Å². The molecule has 3 aliphatic rings. The SMILES string of the molecule is CC(O)(CO)CNC1CN2CCC1CC2. The van der Waals surface area contributed by atoms with E-state index in [1.807, 2.05) is 0 Å². The van der Waals surface area contributed by atoms with Crippen LogP contribution in [0, 0.1) is 5.92 Å². The van der Waals surface area contributed by atoms with Crippen LogP contribution in [0.5, 0.6) is 0 Å². The molecule has 0 aromatic heterocycles. The maximum atomic E-state index is 9.70. The highest BCUT2D eigenvalue weighted by molar-refractivity contribution is 4.92. The lowest BCUT2D eigenvalue weighted by Gasteiger charge is -2.45. The number of piperidine rings is 3. The molecule has 3 heterocycles. The Morgan fingerprint density at radius 2 is 2.07 bits per heavy atom. The Kier molecular flexibility index (Phi) is 3.30. The molecule has 0 aromatic rings. The summed E-state index contributed by atoms with van der Waals surface area (Å²) in [6.45, 7) is 5.55. The highest BCUT2D eigenvalue weighted by Gasteiger charge is 2.34. The number of aliphatic hydroxyl groups is 2. The summed E-state index contributed by atoms with van der Waals surface area (Å²) in [5.74, 6) is 0.768. The van der Waals surface area contributed by atoms with E-state index in [0.29, 0.717) is 12.6 Å². The fraction of sp³-hybridized carbons (Fsp3) is 1.00. The summed E-state index contributed by atoms with van der Waals surface area (Å²) < 4.78 is 0. The predicted molar refractivity (Wildman–Crippen MR) is 58.7 cm³/mol. The number of hydrogen-bond donors (Lipinski definition) is 3. The van der Waals surface area contributed by atoms with Gasteiger partial charge in [-0.25, -0.2) is 0 Å². The summed E-state index contributed by atoms with van der Waals surface area (Å²) in [7, 11) is 0. The van der Waals surface area contributed by atoms with Crippen LogP contribution >= 0.6 is 0 Å². The molecule has 0 aliphatic carbocycles.